The number of nitrogens with zero attached hydrogens (tertiary/aromatic N) is 2. The van der Waals surface area contributed by atoms with Crippen molar-refractivity contribution in [2.24, 2.45) is 23.5 Å². The van der Waals surface area contributed by atoms with Crippen LogP contribution in [-0.4, -0.2) is 171 Å². The van der Waals surface area contributed by atoms with Gasteiger partial charge in [0.2, 0.25) is 65.0 Å². The molecule has 454 valence electrons. The highest BCUT2D eigenvalue weighted by Gasteiger charge is 2.44. The SMILES string of the molecule is CC(C)C[C@@H]1NC(=O)[C@H](CC(=O)O)NC(=O)[C@H]([C@@H](C)O)NC(=O)[C@@H]2CCCN2C(=O)[C@@H](Cc2ccccc2)NC(=O)[C@H](CC(C)C)NC(=O)[C@H](CCC(N)=O)NC(=O)[C@H](C(C)C)NC(=O)[C@@H]2CCCN2C(=O)[C@@H](Cc2ccccc2)NC1=O. The molecule has 83 heavy (non-hydrogen) atoms. The van der Waals surface area contributed by atoms with Gasteiger partial charge in [-0.3, -0.25) is 57.5 Å². The van der Waals surface area contributed by atoms with Crippen molar-refractivity contribution >= 4 is 70.9 Å². The van der Waals surface area contributed by atoms with Crippen molar-refractivity contribution in [2.45, 2.75) is 186 Å². The minimum atomic E-state index is -1.89. The Bertz CT molecular complexity index is 2660. The van der Waals surface area contributed by atoms with Crippen molar-refractivity contribution in [3.63, 3.8) is 0 Å². The number of aliphatic carboxylic acids is 1. The zero-order chi connectivity index (χ0) is 61.2. The number of nitrogens with one attached hydrogen (secondary N) is 8. The second-order valence-corrected chi connectivity index (χ2v) is 22.9. The topological polar surface area (TPSA) is 374 Å². The number of aliphatic hydroxyl groups is 1. The molecule has 3 fully saturated rings. The summed E-state index contributed by atoms with van der Waals surface area (Å²) in [5.74, 6) is -12.2. The lowest BCUT2D eigenvalue weighted by Gasteiger charge is -2.32. The summed E-state index contributed by atoms with van der Waals surface area (Å²) in [6, 6.07) is 2.81. The normalized spacial score (nSPS) is 26.6. The van der Waals surface area contributed by atoms with E-state index in [9.17, 15) is 67.7 Å². The van der Waals surface area contributed by atoms with Gasteiger partial charge in [0.05, 0.1) is 12.5 Å². The molecular weight excluding hydrogens is 1070 g/mol. The average molecular weight is 1160 g/mol. The Labute approximate surface area is 483 Å². The molecule has 3 aliphatic heterocycles. The predicted molar refractivity (Wildman–Crippen MR) is 301 cm³/mol. The van der Waals surface area contributed by atoms with E-state index in [1.807, 2.05) is 0 Å². The van der Waals surface area contributed by atoms with Crippen molar-refractivity contribution in [3.8, 4) is 0 Å². The van der Waals surface area contributed by atoms with Crippen LogP contribution in [0.3, 0.4) is 0 Å². The molecule has 12 N–H and O–H groups in total. The van der Waals surface area contributed by atoms with Crippen LogP contribution >= 0.6 is 0 Å². The first-order valence-electron chi connectivity index (χ1n) is 28.5. The number of amides is 11. The number of benzene rings is 2. The second kappa shape index (κ2) is 30.9. The fourth-order valence-corrected chi connectivity index (χ4v) is 10.5. The number of rotatable bonds is 15. The molecule has 0 spiro atoms. The first kappa shape index (κ1) is 65.8. The number of aliphatic hydroxyl groups excluding tert-OH is 1. The summed E-state index contributed by atoms with van der Waals surface area (Å²) in [5, 5.41) is 41.9. The van der Waals surface area contributed by atoms with Gasteiger partial charge in [0.1, 0.15) is 60.4 Å². The molecule has 0 radical (unpaired) electrons. The van der Waals surface area contributed by atoms with Crippen molar-refractivity contribution < 1.29 is 67.7 Å². The summed E-state index contributed by atoms with van der Waals surface area (Å²) in [6.07, 6.45) is -2.73. The van der Waals surface area contributed by atoms with Gasteiger partial charge >= 0.3 is 5.97 Å². The minimum absolute atomic E-state index is 0.0148. The Hall–Kier alpha value is -7.96. The summed E-state index contributed by atoms with van der Waals surface area (Å²) >= 11 is 0. The number of hydrogen-bond acceptors (Lipinski definition) is 13. The van der Waals surface area contributed by atoms with Crippen LogP contribution in [0.2, 0.25) is 0 Å². The van der Waals surface area contributed by atoms with Gasteiger partial charge in [0.25, 0.3) is 0 Å². The lowest BCUT2D eigenvalue weighted by Crippen LogP contribution is -2.62. The molecule has 0 aliphatic carbocycles. The summed E-state index contributed by atoms with van der Waals surface area (Å²) in [5.41, 5.74) is 6.74. The number of hydrogen-bond donors (Lipinski definition) is 11. The van der Waals surface area contributed by atoms with Crippen LogP contribution < -0.4 is 48.3 Å². The Morgan fingerprint density at radius 2 is 0.880 bits per heavy atom. The Morgan fingerprint density at radius 3 is 1.28 bits per heavy atom. The van der Waals surface area contributed by atoms with Crippen LogP contribution in [0.4, 0.5) is 0 Å². The number of fused-ring (bicyclic) bond motifs is 2. The molecule has 25 nitrogen and oxygen atoms in total. The zero-order valence-electron chi connectivity index (χ0n) is 48.3. The standard InChI is InChI=1S/C58H83N11O14/c1-31(2)26-38-50(75)64-42(29-36-18-12-9-13-19-36)58(83)69-25-15-21-44(69)54(79)67-48(34(7)70)56(81)63-40(30-46(72)73)52(77)62-39(27-32(3)4)51(76)65-41(28-35-16-10-8-11-17-35)57(82)68-24-14-20-43(68)53(78)66-47(33(5)6)55(80)60-37(49(74)61-38)22-23-45(59)71/h8-13,16-19,31-34,37-44,47-48,70H,14-15,20-30H2,1-7H3,(H2,59,71)(H,60,80)(H,61,74)(H,62,77)(H,63,81)(H,64,75)(H,65,76)(H,66,78)(H,67,79)(H,72,73)/t34-,37+,38+,39+,40+,41-,42-,43+,44+,47+,48+/m1/s1. The number of primary amides is 1. The van der Waals surface area contributed by atoms with Gasteiger partial charge in [0.15, 0.2) is 0 Å². The minimum Gasteiger partial charge on any atom is -0.481 e. The molecule has 2 aromatic rings. The smallest absolute Gasteiger partial charge is 0.305 e. The third-order valence-corrected chi connectivity index (χ3v) is 14.8. The van der Waals surface area contributed by atoms with E-state index in [1.54, 1.807) is 102 Å². The molecule has 0 unspecified atom stereocenters. The highest BCUT2D eigenvalue weighted by Crippen LogP contribution is 2.23. The maximum absolute atomic E-state index is 14.8. The summed E-state index contributed by atoms with van der Waals surface area (Å²) in [4.78, 5) is 171. The molecule has 3 saturated heterocycles. The van der Waals surface area contributed by atoms with Crippen molar-refractivity contribution in [2.75, 3.05) is 13.1 Å². The van der Waals surface area contributed by atoms with Gasteiger partial charge in [-0.05, 0) is 80.8 Å². The van der Waals surface area contributed by atoms with E-state index < -0.39 is 150 Å². The van der Waals surface area contributed by atoms with Crippen LogP contribution in [0.25, 0.3) is 0 Å². The second-order valence-electron chi connectivity index (χ2n) is 22.9. The van der Waals surface area contributed by atoms with Gasteiger partial charge in [0, 0.05) is 32.4 Å². The first-order chi connectivity index (χ1) is 39.2. The fraction of sp³-hybridized carbons (Fsp3) is 0.586. The molecule has 3 heterocycles. The van der Waals surface area contributed by atoms with Gasteiger partial charge < -0.3 is 68.3 Å². The van der Waals surface area contributed by atoms with E-state index in [2.05, 4.69) is 42.5 Å². The van der Waals surface area contributed by atoms with Gasteiger partial charge in [-0.2, -0.15) is 0 Å². The molecule has 0 bridgehead atoms. The van der Waals surface area contributed by atoms with E-state index >= 15 is 0 Å². The number of carboxylic acids is 1. The monoisotopic (exact) mass is 1160 g/mol. The summed E-state index contributed by atoms with van der Waals surface area (Å²) in [6.45, 7) is 11.6. The molecule has 0 saturated carbocycles. The third kappa shape index (κ3) is 19.3. The quantitative estimate of drug-likeness (QED) is 0.104. The molecule has 0 aromatic heterocycles. The van der Waals surface area contributed by atoms with E-state index in [4.69, 9.17) is 5.73 Å². The number of carbonyl (C=O) groups excluding carboxylic acids is 11. The van der Waals surface area contributed by atoms with E-state index in [-0.39, 0.29) is 76.3 Å². The molecule has 11 amide bonds. The van der Waals surface area contributed by atoms with E-state index in [0.717, 1.165) is 0 Å². The van der Waals surface area contributed by atoms with E-state index in [0.29, 0.717) is 24.0 Å². The largest absolute Gasteiger partial charge is 0.481 e. The molecule has 5 rings (SSSR count). The summed E-state index contributed by atoms with van der Waals surface area (Å²) in [7, 11) is 0. The van der Waals surface area contributed by atoms with Crippen LogP contribution in [-0.2, 0) is 70.4 Å². The van der Waals surface area contributed by atoms with Crippen LogP contribution in [0.5, 0.6) is 0 Å². The predicted octanol–water partition coefficient (Wildman–Crippen LogP) is -0.785. The zero-order valence-corrected chi connectivity index (χ0v) is 48.3. The Kier molecular flexibility index (Phi) is 24.5. The Morgan fingerprint density at radius 1 is 0.506 bits per heavy atom. The third-order valence-electron chi connectivity index (χ3n) is 14.8. The maximum Gasteiger partial charge on any atom is 0.305 e. The van der Waals surface area contributed by atoms with Crippen molar-refractivity contribution in [1.82, 2.24) is 52.3 Å². The van der Waals surface area contributed by atoms with Crippen LogP contribution in [0.15, 0.2) is 60.7 Å². The molecule has 3 aliphatic rings. The maximum atomic E-state index is 14.8. The summed E-state index contributed by atoms with van der Waals surface area (Å²) < 4.78 is 0. The van der Waals surface area contributed by atoms with Gasteiger partial charge in [-0.15, -0.1) is 0 Å². The molecule has 11 atom stereocenters. The lowest BCUT2D eigenvalue weighted by atomic mass is 9.99. The molecular formula is C58H83N11O14. The number of nitrogens with two attached hydrogens (primary N) is 1. The number of carboxylic acid groups (broad SMARTS) is 1. The van der Waals surface area contributed by atoms with E-state index in [1.165, 1.54) is 16.7 Å². The first-order valence-corrected chi connectivity index (χ1v) is 28.5. The molecule has 25 heteroatoms. The van der Waals surface area contributed by atoms with Crippen molar-refractivity contribution in [3.05, 3.63) is 71.8 Å². The van der Waals surface area contributed by atoms with Crippen molar-refractivity contribution in [1.29, 1.82) is 0 Å². The van der Waals surface area contributed by atoms with Crippen LogP contribution in [0, 0.1) is 17.8 Å². The molecule has 2 aromatic carbocycles. The lowest BCUT2D eigenvalue weighted by molar-refractivity contribution is -0.144. The van der Waals surface area contributed by atoms with Gasteiger partial charge in [-0.25, -0.2) is 0 Å². The highest BCUT2D eigenvalue weighted by atomic mass is 16.4. The fourth-order valence-electron chi connectivity index (χ4n) is 10.5. The number of carbonyl (C=O) groups is 12. The van der Waals surface area contributed by atoms with Crippen LogP contribution in [0.1, 0.15) is 117 Å². The Balaban J connectivity index is 1.60. The highest BCUT2D eigenvalue weighted by molar-refractivity contribution is 6.00. The average Bonchev–Trinajstić information content (AvgIpc) is 4.32. The van der Waals surface area contributed by atoms with Gasteiger partial charge in [-0.1, -0.05) is 102 Å².